The van der Waals surface area contributed by atoms with Crippen molar-refractivity contribution >= 4 is 5.69 Å². The second-order valence-electron chi connectivity index (χ2n) is 4.36. The van der Waals surface area contributed by atoms with E-state index in [1.54, 1.807) is 6.20 Å². The highest BCUT2D eigenvalue weighted by atomic mass is 19.1. The lowest BCUT2D eigenvalue weighted by Gasteiger charge is -2.21. The van der Waals surface area contributed by atoms with Gasteiger partial charge < -0.3 is 5.73 Å². The fourth-order valence-electron chi connectivity index (χ4n) is 2.26. The monoisotopic (exact) mass is 211 g/mol. The summed E-state index contributed by atoms with van der Waals surface area (Å²) >= 11 is 0. The minimum absolute atomic E-state index is 0.389. The van der Waals surface area contributed by atoms with E-state index in [1.165, 1.54) is 26.2 Å². The quantitative estimate of drug-likeness (QED) is 0.817. The van der Waals surface area contributed by atoms with Gasteiger partial charge in [0.2, 0.25) is 0 Å². The maximum absolute atomic E-state index is 13.1. The van der Waals surface area contributed by atoms with Crippen LogP contribution in [0.25, 0.3) is 0 Å². The van der Waals surface area contributed by atoms with Crippen molar-refractivity contribution in [3.63, 3.8) is 0 Å². The molecular formula is C11H18FN3. The summed E-state index contributed by atoms with van der Waals surface area (Å²) in [6.45, 7) is 1.48. The van der Waals surface area contributed by atoms with E-state index in [2.05, 4.69) is 5.10 Å². The summed E-state index contributed by atoms with van der Waals surface area (Å²) in [6.07, 6.45) is 6.77. The Kier molecular flexibility index (Phi) is 2.93. The number of hydrogen-bond donors (Lipinski definition) is 1. The number of rotatable bonds is 2. The smallest absolute Gasteiger partial charge is 0.143 e. The lowest BCUT2D eigenvalue weighted by molar-refractivity contribution is 0.316. The first-order valence-corrected chi connectivity index (χ1v) is 5.67. The molecule has 0 aromatic carbocycles. The topological polar surface area (TPSA) is 43.8 Å². The Morgan fingerprint density at radius 1 is 1.47 bits per heavy atom. The molecule has 0 spiro atoms. The van der Waals surface area contributed by atoms with Crippen molar-refractivity contribution in [1.29, 1.82) is 0 Å². The molecular weight excluding hydrogens is 193 g/mol. The number of nitrogen functional groups attached to an aromatic ring is 1. The number of nitrogens with zero attached hydrogens (tertiary/aromatic N) is 2. The zero-order valence-electron chi connectivity index (χ0n) is 9.12. The van der Waals surface area contributed by atoms with Gasteiger partial charge in [-0.05, 0) is 19.8 Å². The molecule has 15 heavy (non-hydrogen) atoms. The second kappa shape index (κ2) is 4.21. The Hall–Kier alpha value is -1.06. The van der Waals surface area contributed by atoms with Crippen LogP contribution in [0.2, 0.25) is 0 Å². The number of hydrogen-bond acceptors (Lipinski definition) is 2. The molecule has 1 saturated carbocycles. The van der Waals surface area contributed by atoms with E-state index >= 15 is 0 Å². The van der Waals surface area contributed by atoms with Crippen LogP contribution in [0.1, 0.15) is 56.9 Å². The van der Waals surface area contributed by atoms with E-state index in [1.807, 2.05) is 4.68 Å². The number of aromatic nitrogens is 2. The van der Waals surface area contributed by atoms with Gasteiger partial charge in [-0.25, -0.2) is 4.39 Å². The first kappa shape index (κ1) is 10.5. The van der Waals surface area contributed by atoms with Crippen LogP contribution in [0.5, 0.6) is 0 Å². The predicted octanol–water partition coefficient (Wildman–Crippen LogP) is 3.00. The molecule has 2 rings (SSSR count). The summed E-state index contributed by atoms with van der Waals surface area (Å²) in [5, 5.41) is 4.25. The summed E-state index contributed by atoms with van der Waals surface area (Å²) in [7, 11) is 0. The maximum Gasteiger partial charge on any atom is 0.143 e. The molecule has 0 radical (unpaired) electrons. The third kappa shape index (κ3) is 2.13. The molecule has 3 nitrogen and oxygen atoms in total. The summed E-state index contributed by atoms with van der Waals surface area (Å²) in [5.74, 6) is 0. The van der Waals surface area contributed by atoms with Gasteiger partial charge in [-0.15, -0.1) is 0 Å². The summed E-state index contributed by atoms with van der Waals surface area (Å²) in [5.41, 5.74) is 6.60. The van der Waals surface area contributed by atoms with Crippen LogP contribution in [0, 0.1) is 0 Å². The number of nitrogens with two attached hydrogens (primary N) is 1. The molecule has 1 aliphatic carbocycles. The standard InChI is InChI=1S/C11H18FN3/c1-8(12)11-10(13)7-15(14-11)9-5-3-2-4-6-9/h7-9H,2-6,13H2,1H3. The van der Waals surface area contributed by atoms with Gasteiger partial charge in [-0.3, -0.25) is 4.68 Å². The SMILES string of the molecule is CC(F)c1nn(C2CCCCC2)cc1N. The lowest BCUT2D eigenvalue weighted by Crippen LogP contribution is -2.13. The Labute approximate surface area is 89.5 Å². The van der Waals surface area contributed by atoms with Crippen LogP contribution in [-0.2, 0) is 0 Å². The fraction of sp³-hybridized carbons (Fsp3) is 0.727. The molecule has 1 unspecified atom stereocenters. The zero-order valence-corrected chi connectivity index (χ0v) is 9.12. The molecule has 84 valence electrons. The molecule has 1 heterocycles. The molecule has 1 aliphatic rings. The number of halogens is 1. The Morgan fingerprint density at radius 3 is 2.67 bits per heavy atom. The van der Waals surface area contributed by atoms with Crippen molar-refractivity contribution in [2.24, 2.45) is 0 Å². The largest absolute Gasteiger partial charge is 0.396 e. The van der Waals surface area contributed by atoms with E-state index in [-0.39, 0.29) is 0 Å². The molecule has 1 aromatic heterocycles. The molecule has 1 fully saturated rings. The number of anilines is 1. The highest BCUT2D eigenvalue weighted by Gasteiger charge is 2.19. The molecule has 0 aliphatic heterocycles. The highest BCUT2D eigenvalue weighted by Crippen LogP contribution is 2.30. The predicted molar refractivity (Wildman–Crippen MR) is 58.3 cm³/mol. The Morgan fingerprint density at radius 2 is 2.13 bits per heavy atom. The van der Waals surface area contributed by atoms with Gasteiger partial charge in [0.05, 0.1) is 11.7 Å². The van der Waals surface area contributed by atoms with E-state index < -0.39 is 6.17 Å². The van der Waals surface area contributed by atoms with Gasteiger partial charge in [0, 0.05) is 6.20 Å². The zero-order chi connectivity index (χ0) is 10.8. The van der Waals surface area contributed by atoms with Crippen LogP contribution in [-0.4, -0.2) is 9.78 Å². The van der Waals surface area contributed by atoms with Gasteiger partial charge in [0.25, 0.3) is 0 Å². The van der Waals surface area contributed by atoms with Gasteiger partial charge in [0.1, 0.15) is 11.9 Å². The molecule has 4 heteroatoms. The summed E-state index contributed by atoms with van der Waals surface area (Å²) in [6, 6.07) is 0.425. The van der Waals surface area contributed by atoms with Crippen LogP contribution >= 0.6 is 0 Å². The van der Waals surface area contributed by atoms with Gasteiger partial charge in [-0.2, -0.15) is 5.10 Å². The lowest BCUT2D eigenvalue weighted by atomic mass is 9.96. The number of alkyl halides is 1. The first-order chi connectivity index (χ1) is 7.18. The minimum Gasteiger partial charge on any atom is -0.396 e. The molecule has 1 atom stereocenters. The van der Waals surface area contributed by atoms with Crippen molar-refractivity contribution < 1.29 is 4.39 Å². The van der Waals surface area contributed by atoms with Crippen molar-refractivity contribution in [1.82, 2.24) is 9.78 Å². The third-order valence-corrected chi connectivity index (χ3v) is 3.12. The fourth-order valence-corrected chi connectivity index (χ4v) is 2.26. The van der Waals surface area contributed by atoms with E-state index in [4.69, 9.17) is 5.73 Å². The van der Waals surface area contributed by atoms with Gasteiger partial charge >= 0.3 is 0 Å². The van der Waals surface area contributed by atoms with Crippen LogP contribution in [0.3, 0.4) is 0 Å². The van der Waals surface area contributed by atoms with Gasteiger partial charge in [0.15, 0.2) is 0 Å². The van der Waals surface area contributed by atoms with Crippen molar-refractivity contribution in [3.05, 3.63) is 11.9 Å². The van der Waals surface area contributed by atoms with Crippen LogP contribution < -0.4 is 5.73 Å². The molecule has 1 aromatic rings. The summed E-state index contributed by atoms with van der Waals surface area (Å²) in [4.78, 5) is 0. The molecule has 0 bridgehead atoms. The van der Waals surface area contributed by atoms with E-state index in [0.29, 0.717) is 17.4 Å². The van der Waals surface area contributed by atoms with Crippen LogP contribution in [0.15, 0.2) is 6.20 Å². The normalized spacial score (nSPS) is 20.4. The van der Waals surface area contributed by atoms with E-state index in [0.717, 1.165) is 12.8 Å². The third-order valence-electron chi connectivity index (χ3n) is 3.12. The average molecular weight is 211 g/mol. The summed E-state index contributed by atoms with van der Waals surface area (Å²) < 4.78 is 15.0. The first-order valence-electron chi connectivity index (χ1n) is 5.67. The van der Waals surface area contributed by atoms with Crippen molar-refractivity contribution in [3.8, 4) is 0 Å². The highest BCUT2D eigenvalue weighted by molar-refractivity contribution is 5.41. The van der Waals surface area contributed by atoms with E-state index in [9.17, 15) is 4.39 Å². The minimum atomic E-state index is -1.07. The van der Waals surface area contributed by atoms with Crippen LogP contribution in [0.4, 0.5) is 10.1 Å². The second-order valence-corrected chi connectivity index (χ2v) is 4.36. The molecule has 0 amide bonds. The maximum atomic E-state index is 13.1. The Bertz CT molecular complexity index is 327. The van der Waals surface area contributed by atoms with Gasteiger partial charge in [-0.1, -0.05) is 19.3 Å². The van der Waals surface area contributed by atoms with Crippen molar-refractivity contribution in [2.45, 2.75) is 51.2 Å². The van der Waals surface area contributed by atoms with Crippen molar-refractivity contribution in [2.75, 3.05) is 5.73 Å². The average Bonchev–Trinajstić information content (AvgIpc) is 2.62. The molecule has 2 N–H and O–H groups in total. The Balaban J connectivity index is 2.17. The molecule has 0 saturated heterocycles.